The highest BCUT2D eigenvalue weighted by atomic mass is 79.9. The maximum absolute atomic E-state index is 11.8. The van der Waals surface area contributed by atoms with E-state index in [9.17, 15) is 9.59 Å². The maximum atomic E-state index is 11.8. The largest absolute Gasteiger partial charge is 0.495 e. The van der Waals surface area contributed by atoms with E-state index in [1.807, 2.05) is 0 Å². The highest BCUT2D eigenvalue weighted by Gasteiger charge is 2.14. The van der Waals surface area contributed by atoms with Crippen LogP contribution in [0.5, 0.6) is 5.75 Å². The summed E-state index contributed by atoms with van der Waals surface area (Å²) in [6.07, 6.45) is -0.769. The summed E-state index contributed by atoms with van der Waals surface area (Å²) in [5.41, 5.74) is 0.497. The molecule has 0 spiro atoms. The van der Waals surface area contributed by atoms with Crippen LogP contribution in [0.15, 0.2) is 22.7 Å². The summed E-state index contributed by atoms with van der Waals surface area (Å²) in [7, 11) is 2.89. The topological polar surface area (TPSA) is 96.9 Å². The van der Waals surface area contributed by atoms with Crippen molar-refractivity contribution in [2.75, 3.05) is 26.1 Å². The Morgan fingerprint density at radius 2 is 2.10 bits per heavy atom. The number of urea groups is 1. The van der Waals surface area contributed by atoms with Crippen molar-refractivity contribution in [3.05, 3.63) is 22.7 Å². The van der Waals surface area contributed by atoms with Gasteiger partial charge in [0.05, 0.1) is 25.3 Å². The number of ether oxygens (including phenoxy) is 2. The summed E-state index contributed by atoms with van der Waals surface area (Å²) < 4.78 is 10.9. The van der Waals surface area contributed by atoms with Crippen LogP contribution >= 0.6 is 15.9 Å². The lowest BCUT2D eigenvalue weighted by Crippen LogP contribution is -2.37. The third kappa shape index (κ3) is 6.01. The molecule has 7 nitrogen and oxygen atoms in total. The fourth-order valence-corrected chi connectivity index (χ4v) is 1.95. The van der Waals surface area contributed by atoms with Crippen LogP contribution in [-0.4, -0.2) is 44.0 Å². The van der Waals surface area contributed by atoms with Crippen molar-refractivity contribution in [1.82, 2.24) is 5.32 Å². The monoisotopic (exact) mass is 360 g/mol. The number of carboxylic acid groups (broad SMARTS) is 1. The van der Waals surface area contributed by atoms with Crippen LogP contribution in [0.1, 0.15) is 6.42 Å². The molecule has 3 N–H and O–H groups in total. The zero-order valence-electron chi connectivity index (χ0n) is 11.7. The molecule has 0 heterocycles. The second kappa shape index (κ2) is 8.48. The Labute approximate surface area is 130 Å². The Morgan fingerprint density at radius 3 is 2.67 bits per heavy atom. The molecule has 1 aromatic rings. The maximum Gasteiger partial charge on any atom is 0.319 e. The molecule has 0 aliphatic heterocycles. The smallest absolute Gasteiger partial charge is 0.319 e. The third-order valence-electron chi connectivity index (χ3n) is 2.64. The van der Waals surface area contributed by atoms with Gasteiger partial charge in [0.25, 0.3) is 0 Å². The minimum absolute atomic E-state index is 0.0882. The first-order valence-electron chi connectivity index (χ1n) is 6.09. The number of anilines is 1. The van der Waals surface area contributed by atoms with Gasteiger partial charge in [0.15, 0.2) is 0 Å². The normalized spacial score (nSPS) is 11.6. The number of hydrogen-bond acceptors (Lipinski definition) is 4. The Bertz CT molecular complexity index is 509. The molecule has 0 radical (unpaired) electrons. The van der Waals surface area contributed by atoms with Crippen LogP contribution in [0, 0.1) is 0 Å². The van der Waals surface area contributed by atoms with E-state index in [4.69, 9.17) is 14.6 Å². The van der Waals surface area contributed by atoms with Gasteiger partial charge in [-0.05, 0) is 18.2 Å². The Kier molecular flexibility index (Phi) is 6.97. The first-order valence-corrected chi connectivity index (χ1v) is 6.88. The predicted octanol–water partition coefficient (Wildman–Crippen LogP) is 2.07. The molecule has 0 saturated carbocycles. The van der Waals surface area contributed by atoms with Crippen LogP contribution in [-0.2, 0) is 9.53 Å². The van der Waals surface area contributed by atoms with E-state index in [0.717, 1.165) is 4.47 Å². The van der Waals surface area contributed by atoms with E-state index in [1.54, 1.807) is 18.2 Å². The third-order valence-corrected chi connectivity index (χ3v) is 3.13. The molecule has 1 atom stereocenters. The number of halogens is 1. The number of hydrogen-bond donors (Lipinski definition) is 3. The van der Waals surface area contributed by atoms with E-state index in [0.29, 0.717) is 11.4 Å². The predicted molar refractivity (Wildman–Crippen MR) is 80.8 cm³/mol. The molecule has 1 rings (SSSR count). The van der Waals surface area contributed by atoms with E-state index in [1.165, 1.54) is 14.2 Å². The molecule has 1 aromatic carbocycles. The average Bonchev–Trinajstić information content (AvgIpc) is 2.43. The van der Waals surface area contributed by atoms with Gasteiger partial charge < -0.3 is 25.2 Å². The van der Waals surface area contributed by atoms with Crippen molar-refractivity contribution in [2.45, 2.75) is 12.5 Å². The van der Waals surface area contributed by atoms with Crippen LogP contribution in [0.25, 0.3) is 0 Å². The molecule has 0 aromatic heterocycles. The summed E-state index contributed by atoms with van der Waals surface area (Å²) >= 11 is 3.30. The minimum Gasteiger partial charge on any atom is -0.495 e. The van der Waals surface area contributed by atoms with Crippen molar-refractivity contribution in [3.63, 3.8) is 0 Å². The average molecular weight is 361 g/mol. The molecular weight excluding hydrogens is 344 g/mol. The highest BCUT2D eigenvalue weighted by molar-refractivity contribution is 9.10. The molecule has 21 heavy (non-hydrogen) atoms. The molecular formula is C13H17BrN2O5. The Morgan fingerprint density at radius 1 is 1.38 bits per heavy atom. The molecule has 116 valence electrons. The van der Waals surface area contributed by atoms with Crippen LogP contribution in [0.4, 0.5) is 10.5 Å². The standard InChI is InChI=1S/C13H17BrN2O5/c1-20-9(6-12(17)18)7-15-13(19)16-10-5-8(14)3-4-11(10)21-2/h3-5,9H,6-7H2,1-2H3,(H,17,18)(H2,15,16,19). The molecule has 0 aliphatic rings. The number of carboxylic acids is 1. The van der Waals surface area contributed by atoms with Crippen molar-refractivity contribution in [3.8, 4) is 5.75 Å². The van der Waals surface area contributed by atoms with Crippen molar-refractivity contribution in [1.29, 1.82) is 0 Å². The van der Waals surface area contributed by atoms with Crippen molar-refractivity contribution < 1.29 is 24.2 Å². The highest BCUT2D eigenvalue weighted by Crippen LogP contribution is 2.27. The summed E-state index contributed by atoms with van der Waals surface area (Å²) in [4.78, 5) is 22.4. The molecule has 8 heteroatoms. The lowest BCUT2D eigenvalue weighted by molar-refractivity contribution is -0.139. The van der Waals surface area contributed by atoms with Gasteiger partial charge in [0.2, 0.25) is 0 Å². The van der Waals surface area contributed by atoms with E-state index in [-0.39, 0.29) is 13.0 Å². The van der Waals surface area contributed by atoms with Gasteiger partial charge in [-0.25, -0.2) is 4.79 Å². The number of carbonyl (C=O) groups excluding carboxylic acids is 1. The number of aliphatic carboxylic acids is 1. The van der Waals surface area contributed by atoms with Gasteiger partial charge in [0.1, 0.15) is 5.75 Å². The lowest BCUT2D eigenvalue weighted by atomic mass is 10.2. The Hall–Kier alpha value is -1.80. The van der Waals surface area contributed by atoms with Gasteiger partial charge >= 0.3 is 12.0 Å². The zero-order valence-corrected chi connectivity index (χ0v) is 13.3. The van der Waals surface area contributed by atoms with Gasteiger partial charge in [-0.3, -0.25) is 4.79 Å². The molecule has 2 amide bonds. The fourth-order valence-electron chi connectivity index (χ4n) is 1.58. The molecule has 0 bridgehead atoms. The quantitative estimate of drug-likeness (QED) is 0.691. The summed E-state index contributed by atoms with van der Waals surface area (Å²) in [5, 5.41) is 13.9. The SMILES string of the molecule is COc1ccc(Br)cc1NC(=O)NCC(CC(=O)O)OC. The van der Waals surface area contributed by atoms with E-state index >= 15 is 0 Å². The number of nitrogens with one attached hydrogen (secondary N) is 2. The molecule has 0 saturated heterocycles. The first kappa shape index (κ1) is 17.3. The number of methoxy groups -OCH3 is 2. The molecule has 0 aliphatic carbocycles. The van der Waals surface area contributed by atoms with Gasteiger partial charge in [-0.1, -0.05) is 15.9 Å². The number of rotatable bonds is 7. The van der Waals surface area contributed by atoms with E-state index < -0.39 is 18.1 Å². The first-order chi connectivity index (χ1) is 9.96. The van der Waals surface area contributed by atoms with Crippen LogP contribution < -0.4 is 15.4 Å². The zero-order chi connectivity index (χ0) is 15.8. The van der Waals surface area contributed by atoms with Gasteiger partial charge in [-0.15, -0.1) is 0 Å². The number of carbonyl (C=O) groups is 2. The van der Waals surface area contributed by atoms with Crippen molar-refractivity contribution in [2.24, 2.45) is 0 Å². The van der Waals surface area contributed by atoms with Crippen molar-refractivity contribution >= 4 is 33.6 Å². The number of amides is 2. The number of benzene rings is 1. The summed E-state index contributed by atoms with van der Waals surface area (Å²) in [5.74, 6) is -0.472. The second-order valence-corrected chi connectivity index (χ2v) is 5.05. The van der Waals surface area contributed by atoms with Gasteiger partial charge in [-0.2, -0.15) is 0 Å². The van der Waals surface area contributed by atoms with E-state index in [2.05, 4.69) is 26.6 Å². The van der Waals surface area contributed by atoms with Gasteiger partial charge in [0, 0.05) is 18.1 Å². The summed E-state index contributed by atoms with van der Waals surface area (Å²) in [6.45, 7) is 0.0882. The fraction of sp³-hybridized carbons (Fsp3) is 0.385. The van der Waals surface area contributed by atoms with Crippen LogP contribution in [0.2, 0.25) is 0 Å². The Balaban J connectivity index is 2.57. The lowest BCUT2D eigenvalue weighted by Gasteiger charge is -2.15. The van der Waals surface area contributed by atoms with Crippen LogP contribution in [0.3, 0.4) is 0 Å². The molecule has 1 unspecified atom stereocenters. The summed E-state index contributed by atoms with van der Waals surface area (Å²) in [6, 6.07) is 4.72. The minimum atomic E-state index is -0.988. The second-order valence-electron chi connectivity index (χ2n) is 4.14. The molecule has 0 fully saturated rings.